The van der Waals surface area contributed by atoms with Crippen molar-refractivity contribution in [3.05, 3.63) is 28.8 Å². The smallest absolute Gasteiger partial charge is 0.122 e. The Labute approximate surface area is 92.4 Å². The van der Waals surface area contributed by atoms with E-state index in [0.717, 1.165) is 31.6 Å². The van der Waals surface area contributed by atoms with E-state index in [9.17, 15) is 0 Å². The molecule has 0 unspecified atom stereocenters. The molecule has 84 valence electrons. The fourth-order valence-electron chi connectivity index (χ4n) is 1.80. The van der Waals surface area contributed by atoms with Gasteiger partial charge in [0.25, 0.3) is 0 Å². The number of methoxy groups -OCH3 is 1. The molecule has 0 aromatic heterocycles. The van der Waals surface area contributed by atoms with Crippen LogP contribution in [0.15, 0.2) is 12.1 Å². The molecule has 2 nitrogen and oxygen atoms in total. The van der Waals surface area contributed by atoms with Crippen LogP contribution in [0.4, 0.5) is 0 Å². The number of aryl methyl sites for hydroxylation is 1. The van der Waals surface area contributed by atoms with E-state index >= 15 is 0 Å². The lowest BCUT2D eigenvalue weighted by Gasteiger charge is -2.13. The standard InChI is InChI=1S/C13H21NO/c1-10-7-8-13(15-3)12(11(10)2)6-4-5-9-14/h7-8H,4-6,9,14H2,1-3H3. The molecule has 2 heteroatoms. The first-order valence-corrected chi connectivity index (χ1v) is 5.53. The molecule has 0 amide bonds. The van der Waals surface area contributed by atoms with Crippen LogP contribution in [0.5, 0.6) is 5.75 Å². The van der Waals surface area contributed by atoms with Crippen LogP contribution in [-0.2, 0) is 6.42 Å². The minimum atomic E-state index is 0.771. The average Bonchev–Trinajstić information content (AvgIpc) is 2.25. The summed E-state index contributed by atoms with van der Waals surface area (Å²) in [6.45, 7) is 5.07. The fraction of sp³-hybridized carbons (Fsp3) is 0.538. The number of unbranched alkanes of at least 4 members (excludes halogenated alkanes) is 1. The van der Waals surface area contributed by atoms with Crippen LogP contribution in [0.2, 0.25) is 0 Å². The molecule has 1 aromatic rings. The number of hydrogen-bond acceptors (Lipinski definition) is 2. The van der Waals surface area contributed by atoms with Crippen molar-refractivity contribution in [1.82, 2.24) is 0 Å². The summed E-state index contributed by atoms with van der Waals surface area (Å²) in [4.78, 5) is 0. The summed E-state index contributed by atoms with van der Waals surface area (Å²) in [5, 5.41) is 0. The highest BCUT2D eigenvalue weighted by molar-refractivity contribution is 5.44. The van der Waals surface area contributed by atoms with Gasteiger partial charge in [-0.15, -0.1) is 0 Å². The molecular formula is C13H21NO. The number of ether oxygens (including phenoxy) is 1. The van der Waals surface area contributed by atoms with Crippen LogP contribution in [0.3, 0.4) is 0 Å². The van der Waals surface area contributed by atoms with Crippen molar-refractivity contribution in [2.45, 2.75) is 33.1 Å². The van der Waals surface area contributed by atoms with Crippen LogP contribution in [0, 0.1) is 13.8 Å². The van der Waals surface area contributed by atoms with E-state index < -0.39 is 0 Å². The number of hydrogen-bond donors (Lipinski definition) is 1. The third kappa shape index (κ3) is 2.96. The van der Waals surface area contributed by atoms with Gasteiger partial charge in [0.05, 0.1) is 7.11 Å². The summed E-state index contributed by atoms with van der Waals surface area (Å²) in [5.74, 6) is 1.01. The lowest BCUT2D eigenvalue weighted by molar-refractivity contribution is 0.408. The summed E-state index contributed by atoms with van der Waals surface area (Å²) < 4.78 is 5.38. The highest BCUT2D eigenvalue weighted by Crippen LogP contribution is 2.26. The minimum Gasteiger partial charge on any atom is -0.496 e. The zero-order chi connectivity index (χ0) is 11.3. The van der Waals surface area contributed by atoms with Gasteiger partial charge >= 0.3 is 0 Å². The topological polar surface area (TPSA) is 35.2 Å². The van der Waals surface area contributed by atoms with Gasteiger partial charge in [-0.2, -0.15) is 0 Å². The largest absolute Gasteiger partial charge is 0.496 e. The van der Waals surface area contributed by atoms with Crippen LogP contribution < -0.4 is 10.5 Å². The van der Waals surface area contributed by atoms with Crippen LogP contribution in [0.1, 0.15) is 29.5 Å². The van der Waals surface area contributed by atoms with E-state index in [1.807, 2.05) is 0 Å². The molecule has 2 N–H and O–H groups in total. The Hall–Kier alpha value is -1.02. The molecule has 15 heavy (non-hydrogen) atoms. The SMILES string of the molecule is COc1ccc(C)c(C)c1CCCCN. The Bertz CT molecular complexity index is 321. The van der Waals surface area contributed by atoms with Crippen LogP contribution in [0.25, 0.3) is 0 Å². The van der Waals surface area contributed by atoms with Gasteiger partial charge in [0.1, 0.15) is 5.75 Å². The van der Waals surface area contributed by atoms with Gasteiger partial charge in [-0.3, -0.25) is 0 Å². The zero-order valence-electron chi connectivity index (χ0n) is 9.97. The first-order chi connectivity index (χ1) is 7.20. The lowest BCUT2D eigenvalue weighted by Crippen LogP contribution is -2.02. The summed E-state index contributed by atoms with van der Waals surface area (Å²) in [5.41, 5.74) is 9.52. The maximum absolute atomic E-state index is 5.50. The molecule has 0 radical (unpaired) electrons. The summed E-state index contributed by atoms with van der Waals surface area (Å²) >= 11 is 0. The molecular weight excluding hydrogens is 186 g/mol. The molecule has 0 saturated carbocycles. The second-order valence-corrected chi connectivity index (χ2v) is 3.93. The van der Waals surface area contributed by atoms with Crippen molar-refractivity contribution in [2.24, 2.45) is 5.73 Å². The Morgan fingerprint density at radius 3 is 2.53 bits per heavy atom. The molecule has 0 saturated heterocycles. The second kappa shape index (κ2) is 5.76. The Kier molecular flexibility index (Phi) is 4.63. The predicted molar refractivity (Wildman–Crippen MR) is 64.5 cm³/mol. The molecule has 1 rings (SSSR count). The molecule has 0 fully saturated rings. The third-order valence-corrected chi connectivity index (χ3v) is 2.93. The van der Waals surface area contributed by atoms with Gasteiger partial charge in [0.2, 0.25) is 0 Å². The molecule has 1 aromatic carbocycles. The van der Waals surface area contributed by atoms with Gasteiger partial charge < -0.3 is 10.5 Å². The maximum Gasteiger partial charge on any atom is 0.122 e. The van der Waals surface area contributed by atoms with Gasteiger partial charge in [-0.1, -0.05) is 6.07 Å². The van der Waals surface area contributed by atoms with Crippen LogP contribution in [-0.4, -0.2) is 13.7 Å². The molecule has 0 atom stereocenters. The van der Waals surface area contributed by atoms with Gasteiger partial charge in [0.15, 0.2) is 0 Å². The quantitative estimate of drug-likeness (QED) is 0.753. The van der Waals surface area contributed by atoms with Gasteiger partial charge in [0, 0.05) is 0 Å². The zero-order valence-corrected chi connectivity index (χ0v) is 9.97. The van der Waals surface area contributed by atoms with E-state index in [1.54, 1.807) is 7.11 Å². The van der Waals surface area contributed by atoms with Crippen molar-refractivity contribution in [2.75, 3.05) is 13.7 Å². The second-order valence-electron chi connectivity index (χ2n) is 3.93. The Morgan fingerprint density at radius 2 is 1.93 bits per heavy atom. The highest BCUT2D eigenvalue weighted by atomic mass is 16.5. The molecule has 0 bridgehead atoms. The first-order valence-electron chi connectivity index (χ1n) is 5.53. The van der Waals surface area contributed by atoms with Crippen molar-refractivity contribution in [3.63, 3.8) is 0 Å². The average molecular weight is 207 g/mol. The van der Waals surface area contributed by atoms with E-state index in [4.69, 9.17) is 10.5 Å². The summed E-state index contributed by atoms with van der Waals surface area (Å²) in [7, 11) is 1.73. The van der Waals surface area contributed by atoms with E-state index in [-0.39, 0.29) is 0 Å². The maximum atomic E-state index is 5.50. The van der Waals surface area contributed by atoms with Crippen molar-refractivity contribution < 1.29 is 4.74 Å². The first kappa shape index (κ1) is 12.1. The molecule has 0 aliphatic rings. The number of benzene rings is 1. The van der Waals surface area contributed by atoms with E-state index in [0.29, 0.717) is 0 Å². The third-order valence-electron chi connectivity index (χ3n) is 2.93. The van der Waals surface area contributed by atoms with E-state index in [2.05, 4.69) is 26.0 Å². The number of nitrogens with two attached hydrogens (primary N) is 1. The molecule has 0 heterocycles. The summed E-state index contributed by atoms with van der Waals surface area (Å²) in [6.07, 6.45) is 3.28. The Balaban J connectivity index is 2.86. The van der Waals surface area contributed by atoms with Gasteiger partial charge in [-0.05, 0) is 62.4 Å². The minimum absolute atomic E-state index is 0.771. The van der Waals surface area contributed by atoms with Crippen molar-refractivity contribution in [3.8, 4) is 5.75 Å². The highest BCUT2D eigenvalue weighted by Gasteiger charge is 2.07. The summed E-state index contributed by atoms with van der Waals surface area (Å²) in [6, 6.07) is 4.17. The van der Waals surface area contributed by atoms with Gasteiger partial charge in [-0.25, -0.2) is 0 Å². The van der Waals surface area contributed by atoms with E-state index in [1.165, 1.54) is 16.7 Å². The van der Waals surface area contributed by atoms with Crippen molar-refractivity contribution >= 4 is 0 Å². The fourth-order valence-corrected chi connectivity index (χ4v) is 1.80. The van der Waals surface area contributed by atoms with Crippen LogP contribution >= 0.6 is 0 Å². The van der Waals surface area contributed by atoms with Crippen molar-refractivity contribution in [1.29, 1.82) is 0 Å². The lowest BCUT2D eigenvalue weighted by atomic mass is 9.98. The number of rotatable bonds is 5. The molecule has 0 aliphatic carbocycles. The normalized spacial score (nSPS) is 10.4. The molecule has 0 spiro atoms. The Morgan fingerprint density at radius 1 is 1.20 bits per heavy atom. The monoisotopic (exact) mass is 207 g/mol. The predicted octanol–water partition coefficient (Wildman–Crippen LogP) is 2.59. The molecule has 0 aliphatic heterocycles.